The zero-order valence-electron chi connectivity index (χ0n) is 10.3. The fourth-order valence-electron chi connectivity index (χ4n) is 2.06. The molecule has 17 heavy (non-hydrogen) atoms. The van der Waals surface area contributed by atoms with Crippen molar-refractivity contribution in [3.63, 3.8) is 0 Å². The number of ketones is 1. The Balaban J connectivity index is 2.34. The van der Waals surface area contributed by atoms with Crippen molar-refractivity contribution >= 4 is 11.5 Å². The van der Waals surface area contributed by atoms with Crippen LogP contribution in [0.25, 0.3) is 0 Å². The Morgan fingerprint density at radius 2 is 2.06 bits per heavy atom. The van der Waals surface area contributed by atoms with Crippen LogP contribution in [0.3, 0.4) is 0 Å². The standard InChI is InChI=1S/C13H18N2O2/c1-10(16)11-3-4-13(17-2)12(9-11)15-7-5-14-6-8-15/h3-4,9,14H,5-8H2,1-2H3. The van der Waals surface area contributed by atoms with Crippen LogP contribution in [0.2, 0.25) is 0 Å². The first-order valence-corrected chi connectivity index (χ1v) is 5.87. The number of hydrogen-bond donors (Lipinski definition) is 1. The molecule has 0 spiro atoms. The quantitative estimate of drug-likeness (QED) is 0.801. The lowest BCUT2D eigenvalue weighted by Gasteiger charge is -2.30. The Hall–Kier alpha value is -1.55. The van der Waals surface area contributed by atoms with Gasteiger partial charge in [-0.1, -0.05) is 0 Å². The number of nitrogens with zero attached hydrogens (tertiary/aromatic N) is 1. The molecular formula is C13H18N2O2. The molecule has 1 aromatic carbocycles. The van der Waals surface area contributed by atoms with Gasteiger partial charge in [0.2, 0.25) is 0 Å². The fourth-order valence-corrected chi connectivity index (χ4v) is 2.06. The molecule has 0 aliphatic carbocycles. The highest BCUT2D eigenvalue weighted by Gasteiger charge is 2.16. The maximum absolute atomic E-state index is 11.4. The first kappa shape index (κ1) is 11.9. The molecular weight excluding hydrogens is 216 g/mol. The highest BCUT2D eigenvalue weighted by molar-refractivity contribution is 5.95. The van der Waals surface area contributed by atoms with E-state index in [1.807, 2.05) is 18.2 Å². The molecule has 0 amide bonds. The number of rotatable bonds is 3. The molecule has 1 aliphatic rings. The van der Waals surface area contributed by atoms with E-state index in [9.17, 15) is 4.79 Å². The second kappa shape index (κ2) is 5.19. The van der Waals surface area contributed by atoms with Crippen LogP contribution in [0, 0.1) is 0 Å². The molecule has 1 aromatic rings. The van der Waals surface area contributed by atoms with E-state index in [0.29, 0.717) is 0 Å². The summed E-state index contributed by atoms with van der Waals surface area (Å²) in [6, 6.07) is 5.60. The SMILES string of the molecule is COc1ccc(C(C)=O)cc1N1CCNCC1. The second-order valence-corrected chi connectivity index (χ2v) is 4.18. The van der Waals surface area contributed by atoms with Gasteiger partial charge in [-0.25, -0.2) is 0 Å². The minimum atomic E-state index is 0.0871. The zero-order valence-corrected chi connectivity index (χ0v) is 10.3. The van der Waals surface area contributed by atoms with Crippen molar-refractivity contribution in [2.24, 2.45) is 0 Å². The summed E-state index contributed by atoms with van der Waals surface area (Å²) < 4.78 is 5.36. The van der Waals surface area contributed by atoms with Crippen LogP contribution in [-0.2, 0) is 0 Å². The van der Waals surface area contributed by atoms with E-state index in [0.717, 1.165) is 43.2 Å². The van der Waals surface area contributed by atoms with Gasteiger partial charge >= 0.3 is 0 Å². The van der Waals surface area contributed by atoms with E-state index in [1.54, 1.807) is 14.0 Å². The summed E-state index contributed by atoms with van der Waals surface area (Å²) in [4.78, 5) is 13.7. The third-order valence-electron chi connectivity index (χ3n) is 3.04. The molecule has 4 nitrogen and oxygen atoms in total. The minimum absolute atomic E-state index is 0.0871. The van der Waals surface area contributed by atoms with Crippen molar-refractivity contribution < 1.29 is 9.53 Å². The Kier molecular flexibility index (Phi) is 3.64. The van der Waals surface area contributed by atoms with E-state index in [1.165, 1.54) is 0 Å². The molecule has 2 rings (SSSR count). The molecule has 92 valence electrons. The fraction of sp³-hybridized carbons (Fsp3) is 0.462. The number of benzene rings is 1. The Morgan fingerprint density at radius 3 is 2.65 bits per heavy atom. The number of Topliss-reactive ketones (excluding diaryl/α,β-unsaturated/α-hetero) is 1. The maximum Gasteiger partial charge on any atom is 0.159 e. The van der Waals surface area contributed by atoms with E-state index in [4.69, 9.17) is 4.74 Å². The van der Waals surface area contributed by atoms with Crippen molar-refractivity contribution in [1.82, 2.24) is 5.32 Å². The summed E-state index contributed by atoms with van der Waals surface area (Å²) in [5.41, 5.74) is 1.75. The molecule has 1 saturated heterocycles. The van der Waals surface area contributed by atoms with Gasteiger partial charge in [0.15, 0.2) is 5.78 Å². The average molecular weight is 234 g/mol. The smallest absolute Gasteiger partial charge is 0.159 e. The number of hydrogen-bond acceptors (Lipinski definition) is 4. The van der Waals surface area contributed by atoms with E-state index in [-0.39, 0.29) is 5.78 Å². The highest BCUT2D eigenvalue weighted by Crippen LogP contribution is 2.29. The van der Waals surface area contributed by atoms with E-state index >= 15 is 0 Å². The number of carbonyl (C=O) groups excluding carboxylic acids is 1. The van der Waals surface area contributed by atoms with Crippen LogP contribution < -0.4 is 15.0 Å². The molecule has 1 aliphatic heterocycles. The largest absolute Gasteiger partial charge is 0.495 e. The molecule has 0 bridgehead atoms. The second-order valence-electron chi connectivity index (χ2n) is 4.18. The summed E-state index contributed by atoms with van der Waals surface area (Å²) in [5, 5.41) is 3.31. The predicted molar refractivity (Wildman–Crippen MR) is 68.1 cm³/mol. The van der Waals surface area contributed by atoms with Gasteiger partial charge in [0.25, 0.3) is 0 Å². The van der Waals surface area contributed by atoms with Gasteiger partial charge < -0.3 is 15.0 Å². The monoisotopic (exact) mass is 234 g/mol. The van der Waals surface area contributed by atoms with Gasteiger partial charge in [0.05, 0.1) is 12.8 Å². The summed E-state index contributed by atoms with van der Waals surface area (Å²) in [5.74, 6) is 0.918. The van der Waals surface area contributed by atoms with E-state index < -0.39 is 0 Å². The molecule has 0 radical (unpaired) electrons. The topological polar surface area (TPSA) is 41.6 Å². The molecule has 1 N–H and O–H groups in total. The summed E-state index contributed by atoms with van der Waals surface area (Å²) in [7, 11) is 1.66. The predicted octanol–water partition coefficient (Wildman–Crippen LogP) is 1.31. The van der Waals surface area contributed by atoms with Crippen molar-refractivity contribution in [2.45, 2.75) is 6.92 Å². The van der Waals surface area contributed by atoms with Crippen molar-refractivity contribution in [1.29, 1.82) is 0 Å². The van der Waals surface area contributed by atoms with Crippen molar-refractivity contribution in [3.8, 4) is 5.75 Å². The van der Waals surface area contributed by atoms with Gasteiger partial charge in [-0.3, -0.25) is 4.79 Å². The van der Waals surface area contributed by atoms with Crippen LogP contribution in [0.15, 0.2) is 18.2 Å². The number of carbonyl (C=O) groups is 1. The Morgan fingerprint density at radius 1 is 1.35 bits per heavy atom. The zero-order chi connectivity index (χ0) is 12.3. The lowest BCUT2D eigenvalue weighted by atomic mass is 10.1. The average Bonchev–Trinajstić information content (AvgIpc) is 2.39. The first-order valence-electron chi connectivity index (χ1n) is 5.87. The lowest BCUT2D eigenvalue weighted by Crippen LogP contribution is -2.43. The van der Waals surface area contributed by atoms with Gasteiger partial charge in [0, 0.05) is 31.7 Å². The van der Waals surface area contributed by atoms with Gasteiger partial charge in [-0.15, -0.1) is 0 Å². The van der Waals surface area contributed by atoms with Gasteiger partial charge in [-0.2, -0.15) is 0 Å². The number of ether oxygens (including phenoxy) is 1. The molecule has 0 aromatic heterocycles. The third-order valence-corrected chi connectivity index (χ3v) is 3.04. The number of piperazine rings is 1. The normalized spacial score (nSPS) is 15.8. The van der Waals surface area contributed by atoms with Crippen molar-refractivity contribution in [3.05, 3.63) is 23.8 Å². The Bertz CT molecular complexity index is 412. The van der Waals surface area contributed by atoms with Crippen LogP contribution in [-0.4, -0.2) is 39.1 Å². The third kappa shape index (κ3) is 2.58. The maximum atomic E-state index is 11.4. The van der Waals surface area contributed by atoms with Crippen LogP contribution in [0.1, 0.15) is 17.3 Å². The number of nitrogens with one attached hydrogen (secondary N) is 1. The Labute approximate surface area is 102 Å². The van der Waals surface area contributed by atoms with Crippen LogP contribution in [0.5, 0.6) is 5.75 Å². The van der Waals surface area contributed by atoms with Crippen molar-refractivity contribution in [2.75, 3.05) is 38.2 Å². The molecule has 4 heteroatoms. The summed E-state index contributed by atoms with van der Waals surface area (Å²) in [6.07, 6.45) is 0. The van der Waals surface area contributed by atoms with Crippen LogP contribution >= 0.6 is 0 Å². The molecule has 0 atom stereocenters. The minimum Gasteiger partial charge on any atom is -0.495 e. The van der Waals surface area contributed by atoms with Gasteiger partial charge in [-0.05, 0) is 25.1 Å². The number of anilines is 1. The first-order chi connectivity index (χ1) is 8.22. The molecule has 0 saturated carbocycles. The van der Waals surface area contributed by atoms with E-state index in [2.05, 4.69) is 10.2 Å². The summed E-state index contributed by atoms with van der Waals surface area (Å²) >= 11 is 0. The van der Waals surface area contributed by atoms with Crippen LogP contribution in [0.4, 0.5) is 5.69 Å². The highest BCUT2D eigenvalue weighted by atomic mass is 16.5. The summed E-state index contributed by atoms with van der Waals surface area (Å²) in [6.45, 7) is 5.40. The molecule has 1 fully saturated rings. The lowest BCUT2D eigenvalue weighted by molar-refractivity contribution is 0.101. The molecule has 1 heterocycles. The van der Waals surface area contributed by atoms with Gasteiger partial charge in [0.1, 0.15) is 5.75 Å². The number of methoxy groups -OCH3 is 1. The molecule has 0 unspecified atom stereocenters.